The summed E-state index contributed by atoms with van der Waals surface area (Å²) in [5, 5.41) is 9.11. The third kappa shape index (κ3) is 2.06. The smallest absolute Gasteiger partial charge is 0.271 e. The van der Waals surface area contributed by atoms with Gasteiger partial charge < -0.3 is 10.3 Å². The molecule has 0 unspecified atom stereocenters. The molecule has 0 saturated heterocycles. The Labute approximate surface area is 81.2 Å². The van der Waals surface area contributed by atoms with Crippen LogP contribution >= 0.6 is 0 Å². The van der Waals surface area contributed by atoms with E-state index in [9.17, 15) is 4.79 Å². The number of primary amides is 1. The Morgan fingerprint density at radius 1 is 1.64 bits per heavy atom. The van der Waals surface area contributed by atoms with Crippen LogP contribution in [0.1, 0.15) is 10.5 Å². The van der Waals surface area contributed by atoms with Gasteiger partial charge in [0.1, 0.15) is 0 Å². The molecule has 1 rings (SSSR count). The highest BCUT2D eigenvalue weighted by molar-refractivity contribution is 5.94. The van der Waals surface area contributed by atoms with Gasteiger partial charge in [-0.25, -0.2) is 4.98 Å². The maximum Gasteiger partial charge on any atom is 0.271 e. The number of amides is 1. The molecule has 2 N–H and O–H groups in total. The maximum atomic E-state index is 10.9. The van der Waals surface area contributed by atoms with E-state index in [1.165, 1.54) is 11.3 Å². The molecule has 0 fully saturated rings. The Kier molecular flexibility index (Phi) is 2.80. The van der Waals surface area contributed by atoms with E-state index in [0.29, 0.717) is 5.82 Å². The Balaban J connectivity index is 3.05. The fourth-order valence-electron chi connectivity index (χ4n) is 0.847. The molecule has 0 aromatic carbocycles. The number of nitrogens with two attached hydrogens (primary N) is 1. The minimum absolute atomic E-state index is 0.123. The van der Waals surface area contributed by atoms with Crippen LogP contribution in [0, 0.1) is 0 Å². The van der Waals surface area contributed by atoms with E-state index in [4.69, 9.17) is 5.73 Å². The number of rotatable bonds is 3. The molecule has 0 aliphatic rings. The van der Waals surface area contributed by atoms with Crippen molar-refractivity contribution in [2.24, 2.45) is 23.1 Å². The third-order valence-electron chi connectivity index (χ3n) is 1.46. The van der Waals surface area contributed by atoms with Crippen LogP contribution in [0.4, 0.5) is 5.82 Å². The van der Waals surface area contributed by atoms with Crippen LogP contribution in [0.25, 0.3) is 0 Å². The van der Waals surface area contributed by atoms with Crippen molar-refractivity contribution < 1.29 is 4.79 Å². The summed E-state index contributed by atoms with van der Waals surface area (Å²) in [4.78, 5) is 14.7. The molecule has 76 valence electrons. The number of imidazole rings is 1. The van der Waals surface area contributed by atoms with Crippen LogP contribution in [0.15, 0.2) is 16.7 Å². The summed E-state index contributed by atoms with van der Waals surface area (Å²) < 4.78 is 1.58. The van der Waals surface area contributed by atoms with E-state index < -0.39 is 5.91 Å². The van der Waals surface area contributed by atoms with Gasteiger partial charge in [0, 0.05) is 21.1 Å². The second kappa shape index (κ2) is 3.86. The molecule has 0 aliphatic heterocycles. The first-order chi connectivity index (χ1) is 6.52. The number of carbonyl (C=O) groups excluding carboxylic acids is 1. The molecule has 7 heteroatoms. The number of aryl methyl sites for hydroxylation is 1. The molecule has 0 spiro atoms. The Bertz CT molecular complexity index is 366. The Hall–Kier alpha value is -1.92. The molecule has 1 heterocycles. The summed E-state index contributed by atoms with van der Waals surface area (Å²) >= 11 is 0. The van der Waals surface area contributed by atoms with Crippen molar-refractivity contribution in [2.45, 2.75) is 0 Å². The topological polar surface area (TPSA) is 88.9 Å². The van der Waals surface area contributed by atoms with Gasteiger partial charge in [0.05, 0.1) is 6.33 Å². The second-order valence-corrected chi connectivity index (χ2v) is 2.93. The lowest BCUT2D eigenvalue weighted by Crippen LogP contribution is -2.11. The van der Waals surface area contributed by atoms with Crippen LogP contribution in [-0.2, 0) is 7.05 Å². The first-order valence-corrected chi connectivity index (χ1v) is 3.92. The SMILES string of the molecule is CN(C)/N=N/c1c(C(N)=O)ncn1C. The number of nitrogens with zero attached hydrogens (tertiary/aromatic N) is 5. The lowest BCUT2D eigenvalue weighted by Gasteiger charge is -2.01. The standard InChI is InChI=1S/C7H12N6O/c1-12(2)11-10-7-5(6(8)14)9-4-13(7)3/h4H,1-3H3,(H2,8,14)/b11-10+. The highest BCUT2D eigenvalue weighted by Crippen LogP contribution is 2.16. The van der Waals surface area contributed by atoms with Crippen LogP contribution in [-0.4, -0.2) is 34.6 Å². The maximum absolute atomic E-state index is 10.9. The zero-order chi connectivity index (χ0) is 10.7. The van der Waals surface area contributed by atoms with Crippen molar-refractivity contribution in [3.05, 3.63) is 12.0 Å². The van der Waals surface area contributed by atoms with E-state index in [0.717, 1.165) is 0 Å². The van der Waals surface area contributed by atoms with Crippen molar-refractivity contribution in [3.8, 4) is 0 Å². The summed E-state index contributed by atoms with van der Waals surface area (Å²) in [5.74, 6) is -0.260. The Morgan fingerprint density at radius 2 is 2.29 bits per heavy atom. The number of hydrogen-bond acceptors (Lipinski definition) is 4. The summed E-state index contributed by atoms with van der Waals surface area (Å²) in [6.07, 6.45) is 1.46. The van der Waals surface area contributed by atoms with Gasteiger partial charge in [0.15, 0.2) is 11.5 Å². The van der Waals surface area contributed by atoms with Gasteiger partial charge >= 0.3 is 0 Å². The van der Waals surface area contributed by atoms with Gasteiger partial charge in [-0.3, -0.25) is 9.80 Å². The van der Waals surface area contributed by atoms with Gasteiger partial charge in [-0.05, 0) is 0 Å². The van der Waals surface area contributed by atoms with E-state index >= 15 is 0 Å². The molecule has 0 saturated carbocycles. The minimum Gasteiger partial charge on any atom is -0.364 e. The normalized spacial score (nSPS) is 10.8. The average molecular weight is 196 g/mol. The molecular weight excluding hydrogens is 184 g/mol. The Morgan fingerprint density at radius 3 is 2.79 bits per heavy atom. The van der Waals surface area contributed by atoms with Gasteiger partial charge in [-0.15, -0.1) is 5.11 Å². The molecule has 1 amide bonds. The highest BCUT2D eigenvalue weighted by atomic mass is 16.1. The lowest BCUT2D eigenvalue weighted by atomic mass is 10.4. The van der Waals surface area contributed by atoms with Crippen LogP contribution in [0.3, 0.4) is 0 Å². The van der Waals surface area contributed by atoms with Crippen molar-refractivity contribution in [1.82, 2.24) is 14.6 Å². The minimum atomic E-state index is -0.613. The largest absolute Gasteiger partial charge is 0.364 e. The van der Waals surface area contributed by atoms with Crippen molar-refractivity contribution in [1.29, 1.82) is 0 Å². The van der Waals surface area contributed by atoms with Crippen LogP contribution < -0.4 is 5.73 Å². The summed E-state index contributed by atoms with van der Waals surface area (Å²) in [6, 6.07) is 0. The predicted octanol–water partition coefficient (Wildman–Crippen LogP) is 0.0793. The van der Waals surface area contributed by atoms with Crippen molar-refractivity contribution in [2.75, 3.05) is 14.1 Å². The van der Waals surface area contributed by atoms with E-state index in [1.54, 1.807) is 25.7 Å². The van der Waals surface area contributed by atoms with E-state index in [2.05, 4.69) is 15.3 Å². The molecule has 0 radical (unpaired) electrons. The fourth-order valence-corrected chi connectivity index (χ4v) is 0.847. The zero-order valence-electron chi connectivity index (χ0n) is 8.30. The molecule has 0 bridgehead atoms. The highest BCUT2D eigenvalue weighted by Gasteiger charge is 2.13. The predicted molar refractivity (Wildman–Crippen MR) is 49.9 cm³/mol. The lowest BCUT2D eigenvalue weighted by molar-refractivity contribution is 0.0996. The molecule has 0 aliphatic carbocycles. The monoisotopic (exact) mass is 196 g/mol. The molecular formula is C7H12N6O. The molecule has 1 aromatic rings. The van der Waals surface area contributed by atoms with Gasteiger partial charge in [0.2, 0.25) is 0 Å². The molecule has 7 nitrogen and oxygen atoms in total. The van der Waals surface area contributed by atoms with Crippen molar-refractivity contribution >= 4 is 11.7 Å². The average Bonchev–Trinajstić information content (AvgIpc) is 2.43. The number of carbonyl (C=O) groups is 1. The molecule has 1 aromatic heterocycles. The fraction of sp³-hybridized carbons (Fsp3) is 0.429. The summed E-state index contributed by atoms with van der Waals surface area (Å²) in [6.45, 7) is 0. The third-order valence-corrected chi connectivity index (χ3v) is 1.46. The summed E-state index contributed by atoms with van der Waals surface area (Å²) in [7, 11) is 5.16. The summed E-state index contributed by atoms with van der Waals surface area (Å²) in [5.41, 5.74) is 5.23. The van der Waals surface area contributed by atoms with E-state index in [-0.39, 0.29) is 5.69 Å². The number of hydrogen-bond donors (Lipinski definition) is 1. The van der Waals surface area contributed by atoms with Crippen LogP contribution in [0.2, 0.25) is 0 Å². The second-order valence-electron chi connectivity index (χ2n) is 2.93. The molecule has 0 atom stereocenters. The van der Waals surface area contributed by atoms with E-state index in [1.807, 2.05) is 0 Å². The zero-order valence-corrected chi connectivity index (χ0v) is 8.30. The van der Waals surface area contributed by atoms with Gasteiger partial charge in [-0.2, -0.15) is 0 Å². The first kappa shape index (κ1) is 10.2. The van der Waals surface area contributed by atoms with Crippen molar-refractivity contribution in [3.63, 3.8) is 0 Å². The van der Waals surface area contributed by atoms with Gasteiger partial charge in [0.25, 0.3) is 5.91 Å². The molecule has 14 heavy (non-hydrogen) atoms. The first-order valence-electron chi connectivity index (χ1n) is 3.92. The van der Waals surface area contributed by atoms with Gasteiger partial charge in [-0.1, -0.05) is 5.22 Å². The number of aromatic nitrogens is 2. The quantitative estimate of drug-likeness (QED) is 0.548. The van der Waals surface area contributed by atoms with Crippen LogP contribution in [0.5, 0.6) is 0 Å².